The summed E-state index contributed by atoms with van der Waals surface area (Å²) in [6.07, 6.45) is 2.89. The molecule has 1 atom stereocenters. The van der Waals surface area contributed by atoms with E-state index in [1.807, 2.05) is 25.1 Å². The predicted molar refractivity (Wildman–Crippen MR) is 82.1 cm³/mol. The monoisotopic (exact) mass is 341 g/mol. The van der Waals surface area contributed by atoms with Crippen molar-refractivity contribution in [2.45, 2.75) is 19.4 Å². The quantitative estimate of drug-likeness (QED) is 0.900. The van der Waals surface area contributed by atoms with Crippen LogP contribution >= 0.6 is 27.7 Å². The zero-order valence-electron chi connectivity index (χ0n) is 10.9. The molecule has 0 saturated carbocycles. The molecule has 2 aromatic rings. The van der Waals surface area contributed by atoms with Crippen molar-refractivity contribution >= 4 is 27.7 Å². The molecular formula is C13H16BrN3OS. The zero-order chi connectivity index (χ0) is 13.8. The summed E-state index contributed by atoms with van der Waals surface area (Å²) in [6, 6.07) is 5.78. The molecule has 0 aliphatic carbocycles. The van der Waals surface area contributed by atoms with Crippen molar-refractivity contribution in [2.24, 2.45) is 5.73 Å². The number of nitrogens with two attached hydrogens (primary N) is 1. The van der Waals surface area contributed by atoms with E-state index in [-0.39, 0.29) is 6.04 Å². The Morgan fingerprint density at radius 1 is 1.47 bits per heavy atom. The smallest absolute Gasteiger partial charge is 0.243 e. The minimum atomic E-state index is -0.192. The van der Waals surface area contributed by atoms with Gasteiger partial charge in [-0.25, -0.2) is 0 Å². The lowest BCUT2D eigenvalue weighted by Gasteiger charge is -2.03. The van der Waals surface area contributed by atoms with Crippen LogP contribution in [0.4, 0.5) is 0 Å². The third kappa shape index (κ3) is 3.58. The summed E-state index contributed by atoms with van der Waals surface area (Å²) in [5.41, 5.74) is 8.10. The first-order valence-electron chi connectivity index (χ1n) is 5.96. The molecule has 19 heavy (non-hydrogen) atoms. The first-order valence-corrected chi connectivity index (χ1v) is 8.15. The van der Waals surface area contributed by atoms with Gasteiger partial charge >= 0.3 is 0 Å². The first-order chi connectivity index (χ1) is 9.11. The second-order valence-corrected chi connectivity index (χ2v) is 6.15. The van der Waals surface area contributed by atoms with Crippen molar-refractivity contribution in [1.29, 1.82) is 0 Å². The van der Waals surface area contributed by atoms with E-state index in [4.69, 9.17) is 10.3 Å². The molecule has 1 unspecified atom stereocenters. The second kappa shape index (κ2) is 6.54. The number of hydrogen-bond acceptors (Lipinski definition) is 5. The topological polar surface area (TPSA) is 64.9 Å². The summed E-state index contributed by atoms with van der Waals surface area (Å²) in [6.45, 7) is 2.04. The van der Waals surface area contributed by atoms with Gasteiger partial charge in [0.25, 0.3) is 0 Å². The number of halogens is 1. The number of nitrogens with zero attached hydrogens (tertiary/aromatic N) is 2. The van der Waals surface area contributed by atoms with Crippen molar-refractivity contribution in [3.05, 3.63) is 34.1 Å². The Bertz CT molecular complexity index is 559. The lowest BCUT2D eigenvalue weighted by Crippen LogP contribution is -2.11. The molecule has 4 nitrogen and oxygen atoms in total. The van der Waals surface area contributed by atoms with Crippen LogP contribution in [0.25, 0.3) is 11.4 Å². The Kier molecular flexibility index (Phi) is 5.01. The van der Waals surface area contributed by atoms with Crippen LogP contribution < -0.4 is 5.73 Å². The summed E-state index contributed by atoms with van der Waals surface area (Å²) in [5.74, 6) is 2.06. The van der Waals surface area contributed by atoms with Crippen molar-refractivity contribution in [2.75, 3.05) is 12.0 Å². The molecule has 2 N–H and O–H groups in total. The lowest BCUT2D eigenvalue weighted by molar-refractivity contribution is 0.353. The Hall–Kier alpha value is -0.850. The van der Waals surface area contributed by atoms with E-state index < -0.39 is 0 Å². The summed E-state index contributed by atoms with van der Waals surface area (Å²) < 4.78 is 6.27. The molecule has 0 spiro atoms. The summed E-state index contributed by atoms with van der Waals surface area (Å²) in [7, 11) is 0. The first kappa shape index (κ1) is 14.6. The van der Waals surface area contributed by atoms with Gasteiger partial charge in [-0.05, 0) is 37.0 Å². The van der Waals surface area contributed by atoms with E-state index >= 15 is 0 Å². The van der Waals surface area contributed by atoms with Crippen LogP contribution in [0.5, 0.6) is 0 Å². The SMILES string of the molecule is CSCCC(N)c1nc(-c2ccc(C)c(Br)c2)no1. The van der Waals surface area contributed by atoms with Crippen LogP contribution in [-0.4, -0.2) is 22.1 Å². The van der Waals surface area contributed by atoms with Gasteiger partial charge < -0.3 is 10.3 Å². The van der Waals surface area contributed by atoms with Gasteiger partial charge in [0.1, 0.15) is 0 Å². The minimum absolute atomic E-state index is 0.192. The van der Waals surface area contributed by atoms with Gasteiger partial charge in [-0.1, -0.05) is 33.2 Å². The molecule has 102 valence electrons. The zero-order valence-corrected chi connectivity index (χ0v) is 13.3. The molecule has 6 heteroatoms. The normalized spacial score (nSPS) is 12.6. The van der Waals surface area contributed by atoms with E-state index in [2.05, 4.69) is 32.3 Å². The molecule has 0 aliphatic rings. The molecule has 0 bridgehead atoms. The number of aryl methyl sites for hydroxylation is 1. The molecule has 0 radical (unpaired) electrons. The van der Waals surface area contributed by atoms with E-state index in [9.17, 15) is 0 Å². The lowest BCUT2D eigenvalue weighted by atomic mass is 10.1. The van der Waals surface area contributed by atoms with E-state index in [1.54, 1.807) is 11.8 Å². The molecule has 1 aromatic carbocycles. The highest BCUT2D eigenvalue weighted by Gasteiger charge is 2.15. The number of thioether (sulfide) groups is 1. The van der Waals surface area contributed by atoms with Crippen molar-refractivity contribution in [3.8, 4) is 11.4 Å². The molecule has 2 rings (SSSR count). The van der Waals surface area contributed by atoms with E-state index in [0.717, 1.165) is 22.2 Å². The fraction of sp³-hybridized carbons (Fsp3) is 0.385. The predicted octanol–water partition coefficient (Wildman–Crippen LogP) is 3.56. The van der Waals surface area contributed by atoms with Gasteiger partial charge in [0.2, 0.25) is 11.7 Å². The molecule has 1 heterocycles. The summed E-state index contributed by atoms with van der Waals surface area (Å²) >= 11 is 5.25. The van der Waals surface area contributed by atoms with Gasteiger partial charge in [0.15, 0.2) is 0 Å². The average Bonchev–Trinajstić information content (AvgIpc) is 2.89. The molecule has 1 aromatic heterocycles. The molecule has 0 saturated heterocycles. The number of aromatic nitrogens is 2. The molecule has 0 amide bonds. The van der Waals surface area contributed by atoms with Gasteiger partial charge in [0, 0.05) is 10.0 Å². The Balaban J connectivity index is 2.18. The third-order valence-corrected chi connectivity index (χ3v) is 4.32. The second-order valence-electron chi connectivity index (χ2n) is 4.31. The largest absolute Gasteiger partial charge is 0.337 e. The van der Waals surface area contributed by atoms with Crippen molar-refractivity contribution in [1.82, 2.24) is 10.1 Å². The Labute approximate surface area is 125 Å². The maximum Gasteiger partial charge on any atom is 0.243 e. The third-order valence-electron chi connectivity index (χ3n) is 2.82. The van der Waals surface area contributed by atoms with E-state index in [0.29, 0.717) is 11.7 Å². The van der Waals surface area contributed by atoms with Crippen LogP contribution in [-0.2, 0) is 0 Å². The van der Waals surface area contributed by atoms with Gasteiger partial charge in [-0.15, -0.1) is 0 Å². The van der Waals surface area contributed by atoms with Crippen molar-refractivity contribution < 1.29 is 4.52 Å². The van der Waals surface area contributed by atoms with Gasteiger partial charge in [-0.3, -0.25) is 0 Å². The Morgan fingerprint density at radius 2 is 2.26 bits per heavy atom. The van der Waals surface area contributed by atoms with Crippen LogP contribution in [0.2, 0.25) is 0 Å². The highest BCUT2D eigenvalue weighted by atomic mass is 79.9. The maximum atomic E-state index is 6.01. The van der Waals surface area contributed by atoms with Crippen molar-refractivity contribution in [3.63, 3.8) is 0 Å². The van der Waals surface area contributed by atoms with Gasteiger partial charge in [-0.2, -0.15) is 16.7 Å². The minimum Gasteiger partial charge on any atom is -0.337 e. The molecule has 0 fully saturated rings. The van der Waals surface area contributed by atoms with Crippen LogP contribution in [0.3, 0.4) is 0 Å². The standard InChI is InChI=1S/C13H16BrN3OS/c1-8-3-4-9(7-10(8)14)12-16-13(18-17-12)11(15)5-6-19-2/h3-4,7,11H,5-6,15H2,1-2H3. The highest BCUT2D eigenvalue weighted by Crippen LogP contribution is 2.25. The molecule has 0 aliphatic heterocycles. The number of hydrogen-bond donors (Lipinski definition) is 1. The van der Waals surface area contributed by atoms with Gasteiger partial charge in [0.05, 0.1) is 6.04 Å². The average molecular weight is 342 g/mol. The fourth-order valence-electron chi connectivity index (χ4n) is 1.60. The number of rotatable bonds is 5. The van der Waals surface area contributed by atoms with E-state index in [1.165, 1.54) is 5.56 Å². The maximum absolute atomic E-state index is 6.01. The van der Waals surface area contributed by atoms with Crippen LogP contribution in [0.1, 0.15) is 23.9 Å². The molecular weight excluding hydrogens is 326 g/mol. The summed E-state index contributed by atoms with van der Waals surface area (Å²) in [4.78, 5) is 4.37. The number of benzene rings is 1. The van der Waals surface area contributed by atoms with Crippen LogP contribution in [0.15, 0.2) is 27.2 Å². The van der Waals surface area contributed by atoms with Crippen LogP contribution in [0, 0.1) is 6.92 Å². The Morgan fingerprint density at radius 3 is 2.95 bits per heavy atom. The highest BCUT2D eigenvalue weighted by molar-refractivity contribution is 9.10. The fourth-order valence-corrected chi connectivity index (χ4v) is 2.47. The summed E-state index contributed by atoms with van der Waals surface area (Å²) in [5, 5.41) is 3.99.